The van der Waals surface area contributed by atoms with E-state index in [0.29, 0.717) is 13.0 Å². The fourth-order valence-corrected chi connectivity index (χ4v) is 1.44. The number of rotatable bonds is 9. The number of unbranched alkanes of at least 4 members (excludes halogenated alkanes) is 2. The molecule has 0 saturated heterocycles. The molecule has 5 nitrogen and oxygen atoms in total. The normalized spacial score (nSPS) is 12.8. The van der Waals surface area contributed by atoms with Gasteiger partial charge in [0.1, 0.15) is 5.54 Å². The Morgan fingerprint density at radius 2 is 2.00 bits per heavy atom. The van der Waals surface area contributed by atoms with E-state index in [4.69, 9.17) is 0 Å². The summed E-state index contributed by atoms with van der Waals surface area (Å²) < 4.78 is 0. The third-order valence-corrected chi connectivity index (χ3v) is 2.51. The lowest BCUT2D eigenvalue weighted by Gasteiger charge is -2.19. The Hall–Kier alpha value is -1.83. The van der Waals surface area contributed by atoms with Crippen LogP contribution in [0.5, 0.6) is 0 Å². The minimum absolute atomic E-state index is 0.285. The van der Waals surface area contributed by atoms with Crippen LogP contribution in [-0.4, -0.2) is 30.0 Å². The van der Waals surface area contributed by atoms with Crippen LogP contribution >= 0.6 is 0 Å². The zero-order valence-electron chi connectivity index (χ0n) is 9.94. The standard InChI is InChI=1S/C12H16N2O3/c1-3-11(17)12(2,14-10-16)7-5-4-6-8-13-9-15/h3H,1,4-8H2,2H3. The topological polar surface area (TPSA) is 75.9 Å². The predicted molar refractivity (Wildman–Crippen MR) is 63.2 cm³/mol. The van der Waals surface area contributed by atoms with E-state index in [9.17, 15) is 14.4 Å². The SMILES string of the molecule is C=CC(=O)C(C)(CCCCCN=C=O)N=C=O. The van der Waals surface area contributed by atoms with Crippen LogP contribution in [0.1, 0.15) is 32.6 Å². The van der Waals surface area contributed by atoms with E-state index in [1.807, 2.05) is 0 Å². The molecule has 0 aromatic carbocycles. The lowest BCUT2D eigenvalue weighted by Crippen LogP contribution is -2.31. The monoisotopic (exact) mass is 236 g/mol. The minimum atomic E-state index is -1.06. The molecule has 0 N–H and O–H groups in total. The third kappa shape index (κ3) is 5.71. The predicted octanol–water partition coefficient (Wildman–Crippen LogP) is 1.73. The lowest BCUT2D eigenvalue weighted by molar-refractivity contribution is -0.119. The molecule has 0 aliphatic heterocycles. The van der Waals surface area contributed by atoms with Crippen molar-refractivity contribution in [3.63, 3.8) is 0 Å². The number of carbonyl (C=O) groups is 1. The van der Waals surface area contributed by atoms with Crippen LogP contribution in [0.25, 0.3) is 0 Å². The molecule has 0 aliphatic carbocycles. The van der Waals surface area contributed by atoms with Gasteiger partial charge in [0.15, 0.2) is 5.78 Å². The smallest absolute Gasteiger partial charge is 0.235 e. The molecule has 0 heterocycles. The van der Waals surface area contributed by atoms with E-state index in [1.54, 1.807) is 6.92 Å². The van der Waals surface area contributed by atoms with Crippen LogP contribution in [0.4, 0.5) is 0 Å². The van der Waals surface area contributed by atoms with Gasteiger partial charge in [0, 0.05) is 0 Å². The number of aliphatic imine (C=N–C) groups is 2. The summed E-state index contributed by atoms with van der Waals surface area (Å²) in [5.74, 6) is -0.285. The molecule has 0 aliphatic rings. The van der Waals surface area contributed by atoms with Gasteiger partial charge in [0.25, 0.3) is 0 Å². The number of isocyanates is 2. The summed E-state index contributed by atoms with van der Waals surface area (Å²) in [6, 6.07) is 0. The van der Waals surface area contributed by atoms with E-state index in [-0.39, 0.29) is 5.78 Å². The molecule has 17 heavy (non-hydrogen) atoms. The Balaban J connectivity index is 4.19. The Bertz CT molecular complexity index is 366. The summed E-state index contributed by atoms with van der Waals surface area (Å²) in [6.07, 6.45) is 6.77. The van der Waals surface area contributed by atoms with E-state index in [0.717, 1.165) is 25.3 Å². The molecule has 0 bridgehead atoms. The highest BCUT2D eigenvalue weighted by Gasteiger charge is 2.29. The number of carbonyl (C=O) groups excluding carboxylic acids is 3. The molecular formula is C12H16N2O3. The second-order valence-corrected chi connectivity index (χ2v) is 3.83. The van der Waals surface area contributed by atoms with Gasteiger partial charge in [-0.2, -0.15) is 4.99 Å². The highest BCUT2D eigenvalue weighted by molar-refractivity contribution is 5.97. The number of nitrogens with zero attached hydrogens (tertiary/aromatic N) is 2. The average Bonchev–Trinajstić information content (AvgIpc) is 2.33. The van der Waals surface area contributed by atoms with Gasteiger partial charge in [-0.25, -0.2) is 14.6 Å². The van der Waals surface area contributed by atoms with Crippen molar-refractivity contribution in [3.05, 3.63) is 12.7 Å². The van der Waals surface area contributed by atoms with Gasteiger partial charge in [-0.1, -0.05) is 19.4 Å². The van der Waals surface area contributed by atoms with Crippen molar-refractivity contribution in [2.24, 2.45) is 9.98 Å². The molecule has 0 spiro atoms. The molecule has 0 amide bonds. The van der Waals surface area contributed by atoms with Crippen molar-refractivity contribution in [2.45, 2.75) is 38.1 Å². The molecule has 0 aromatic heterocycles. The van der Waals surface area contributed by atoms with Crippen LogP contribution in [0, 0.1) is 0 Å². The lowest BCUT2D eigenvalue weighted by atomic mass is 9.90. The maximum absolute atomic E-state index is 11.5. The molecule has 0 radical (unpaired) electrons. The summed E-state index contributed by atoms with van der Waals surface area (Å²) >= 11 is 0. The maximum Gasteiger partial charge on any atom is 0.235 e. The fourth-order valence-electron chi connectivity index (χ4n) is 1.44. The molecule has 1 atom stereocenters. The largest absolute Gasteiger partial charge is 0.292 e. The molecule has 5 heteroatoms. The van der Waals surface area contributed by atoms with Crippen LogP contribution in [-0.2, 0) is 14.4 Å². The van der Waals surface area contributed by atoms with Crippen molar-refractivity contribution >= 4 is 17.9 Å². The van der Waals surface area contributed by atoms with Gasteiger partial charge in [-0.15, -0.1) is 0 Å². The van der Waals surface area contributed by atoms with E-state index < -0.39 is 5.54 Å². The quantitative estimate of drug-likeness (QED) is 0.265. The Kier molecular flexibility index (Phi) is 7.44. The molecular weight excluding hydrogens is 220 g/mol. The second-order valence-electron chi connectivity index (χ2n) is 3.83. The zero-order valence-corrected chi connectivity index (χ0v) is 9.94. The first-order valence-corrected chi connectivity index (χ1v) is 5.40. The molecule has 0 fully saturated rings. The molecule has 0 rings (SSSR count). The molecule has 0 aromatic rings. The van der Waals surface area contributed by atoms with Crippen LogP contribution in [0.2, 0.25) is 0 Å². The molecule has 92 valence electrons. The van der Waals surface area contributed by atoms with E-state index in [1.165, 1.54) is 12.2 Å². The second kappa shape index (κ2) is 8.34. The highest BCUT2D eigenvalue weighted by atomic mass is 16.1. The Labute approximate surface area is 100 Å². The van der Waals surface area contributed by atoms with Gasteiger partial charge in [-0.3, -0.25) is 4.79 Å². The first-order chi connectivity index (χ1) is 8.10. The van der Waals surface area contributed by atoms with Gasteiger partial charge in [0.2, 0.25) is 12.2 Å². The van der Waals surface area contributed by atoms with E-state index in [2.05, 4.69) is 16.6 Å². The first-order valence-electron chi connectivity index (χ1n) is 5.40. The van der Waals surface area contributed by atoms with Crippen molar-refractivity contribution in [1.29, 1.82) is 0 Å². The first kappa shape index (κ1) is 15.2. The van der Waals surface area contributed by atoms with Crippen molar-refractivity contribution in [1.82, 2.24) is 0 Å². The van der Waals surface area contributed by atoms with Crippen molar-refractivity contribution in [3.8, 4) is 0 Å². The summed E-state index contributed by atoms with van der Waals surface area (Å²) in [7, 11) is 0. The van der Waals surface area contributed by atoms with Crippen LogP contribution < -0.4 is 0 Å². The van der Waals surface area contributed by atoms with Gasteiger partial charge in [0.05, 0.1) is 6.54 Å². The number of hydrogen-bond acceptors (Lipinski definition) is 5. The van der Waals surface area contributed by atoms with Crippen LogP contribution in [0.3, 0.4) is 0 Å². The van der Waals surface area contributed by atoms with Gasteiger partial charge in [-0.05, 0) is 25.8 Å². The van der Waals surface area contributed by atoms with Crippen LogP contribution in [0.15, 0.2) is 22.6 Å². The Morgan fingerprint density at radius 3 is 2.53 bits per heavy atom. The van der Waals surface area contributed by atoms with E-state index >= 15 is 0 Å². The van der Waals surface area contributed by atoms with Crippen molar-refractivity contribution < 1.29 is 14.4 Å². The third-order valence-electron chi connectivity index (χ3n) is 2.51. The fraction of sp³-hybridized carbons (Fsp3) is 0.583. The number of ketones is 1. The zero-order chi connectivity index (χ0) is 13.1. The van der Waals surface area contributed by atoms with Gasteiger partial charge >= 0.3 is 0 Å². The summed E-state index contributed by atoms with van der Waals surface area (Å²) in [4.78, 5) is 38.6. The van der Waals surface area contributed by atoms with Crippen molar-refractivity contribution in [2.75, 3.05) is 6.54 Å². The molecule has 1 unspecified atom stereocenters. The minimum Gasteiger partial charge on any atom is -0.292 e. The summed E-state index contributed by atoms with van der Waals surface area (Å²) in [5, 5.41) is 0. The maximum atomic E-state index is 11.5. The summed E-state index contributed by atoms with van der Waals surface area (Å²) in [5.41, 5.74) is -1.06. The number of hydrogen-bond donors (Lipinski definition) is 0. The van der Waals surface area contributed by atoms with Gasteiger partial charge < -0.3 is 0 Å². The highest BCUT2D eigenvalue weighted by Crippen LogP contribution is 2.20. The Morgan fingerprint density at radius 1 is 1.29 bits per heavy atom. The summed E-state index contributed by atoms with van der Waals surface area (Å²) in [6.45, 7) is 5.41. The average molecular weight is 236 g/mol. The molecule has 0 saturated carbocycles.